The maximum Gasteiger partial charge on any atom is 0.407 e. The smallest absolute Gasteiger partial charge is 0.407 e. The highest BCUT2D eigenvalue weighted by molar-refractivity contribution is 9.10. The van der Waals surface area contributed by atoms with Gasteiger partial charge in [0.2, 0.25) is 0 Å². The number of nitrogens with zero attached hydrogens (tertiary/aromatic N) is 1. The van der Waals surface area contributed by atoms with Gasteiger partial charge in [0, 0.05) is 34.4 Å². The van der Waals surface area contributed by atoms with Crippen LogP contribution in [-0.4, -0.2) is 30.5 Å². The molecule has 2 N–H and O–H groups in total. The van der Waals surface area contributed by atoms with Gasteiger partial charge in [-0.2, -0.15) is 0 Å². The Morgan fingerprint density at radius 3 is 2.69 bits per heavy atom. The van der Waals surface area contributed by atoms with Crippen molar-refractivity contribution >= 4 is 39.5 Å². The van der Waals surface area contributed by atoms with Crippen LogP contribution in [0.3, 0.4) is 0 Å². The second kappa shape index (κ2) is 8.90. The first-order valence-corrected chi connectivity index (χ1v) is 10.1. The number of quaternary nitrogens is 1. The van der Waals surface area contributed by atoms with Gasteiger partial charge in [0.15, 0.2) is 0 Å². The maximum absolute atomic E-state index is 12.5. The van der Waals surface area contributed by atoms with Crippen LogP contribution in [0, 0.1) is 5.21 Å². The lowest BCUT2D eigenvalue weighted by atomic mass is 10.0. The monoisotopic (exact) mass is 457 g/mol. The number of carbonyl (C=O) groups excluding carboxylic acids is 1. The molecule has 2 aromatic rings. The van der Waals surface area contributed by atoms with Crippen molar-refractivity contribution < 1.29 is 14.6 Å². The number of halogens is 1. The maximum atomic E-state index is 12.5. The molecule has 0 aliphatic carbocycles. The SMILES string of the molecule is CC(C)(C)OC(=O)NCC(N=Cc1ccccc1)C1=C[NH+]([O-])c2cc(Br)ccc21. The van der Waals surface area contributed by atoms with Crippen molar-refractivity contribution in [1.82, 2.24) is 5.32 Å². The van der Waals surface area contributed by atoms with E-state index in [0.717, 1.165) is 21.2 Å². The number of amides is 1. The van der Waals surface area contributed by atoms with Gasteiger partial charge < -0.3 is 20.3 Å². The number of ether oxygens (including phenoxy) is 1. The minimum absolute atomic E-state index is 0.0616. The molecule has 1 amide bonds. The van der Waals surface area contributed by atoms with Gasteiger partial charge in [-0.15, -0.1) is 0 Å². The van der Waals surface area contributed by atoms with Gasteiger partial charge in [0.25, 0.3) is 0 Å². The van der Waals surface area contributed by atoms with Crippen LogP contribution in [0.25, 0.3) is 5.57 Å². The van der Waals surface area contributed by atoms with E-state index in [1.54, 1.807) is 18.5 Å². The van der Waals surface area contributed by atoms with Gasteiger partial charge >= 0.3 is 6.09 Å². The van der Waals surface area contributed by atoms with Crippen molar-refractivity contribution in [2.45, 2.75) is 32.4 Å². The fourth-order valence-electron chi connectivity index (χ4n) is 3.00. The second-order valence-electron chi connectivity index (χ2n) is 7.74. The number of fused-ring (bicyclic) bond motifs is 1. The molecule has 2 aromatic carbocycles. The van der Waals surface area contributed by atoms with E-state index in [9.17, 15) is 10.0 Å². The molecule has 3 rings (SSSR count). The molecule has 2 atom stereocenters. The highest BCUT2D eigenvalue weighted by Crippen LogP contribution is 2.31. The second-order valence-corrected chi connectivity index (χ2v) is 8.66. The number of aliphatic imine (C=N–C) groups is 1. The number of hydrogen-bond donors (Lipinski definition) is 2. The fraction of sp³-hybridized carbons (Fsp3) is 0.273. The van der Waals surface area contributed by atoms with E-state index in [0.29, 0.717) is 5.69 Å². The zero-order chi connectivity index (χ0) is 21.0. The van der Waals surface area contributed by atoms with Gasteiger partial charge in [-0.05, 0) is 38.5 Å². The number of hydrogen-bond acceptors (Lipinski definition) is 4. The van der Waals surface area contributed by atoms with Crippen molar-refractivity contribution in [1.29, 1.82) is 0 Å². The van der Waals surface area contributed by atoms with E-state index < -0.39 is 17.7 Å². The van der Waals surface area contributed by atoms with Gasteiger partial charge in [-0.25, -0.2) is 4.79 Å². The summed E-state index contributed by atoms with van der Waals surface area (Å²) in [6.45, 7) is 5.64. The molecule has 2 unspecified atom stereocenters. The van der Waals surface area contributed by atoms with Gasteiger partial charge in [0.1, 0.15) is 17.5 Å². The van der Waals surface area contributed by atoms with Crippen LogP contribution in [0.1, 0.15) is 31.9 Å². The molecule has 1 aliphatic rings. The third-order valence-electron chi connectivity index (χ3n) is 4.25. The molecule has 0 bridgehead atoms. The number of alkyl carbamates (subject to hydrolysis) is 1. The summed E-state index contributed by atoms with van der Waals surface area (Å²) in [5.74, 6) is 0. The Balaban J connectivity index is 1.85. The van der Waals surface area contributed by atoms with Crippen LogP contribution in [-0.2, 0) is 4.74 Å². The third kappa shape index (κ3) is 5.76. The zero-order valence-corrected chi connectivity index (χ0v) is 18.2. The van der Waals surface area contributed by atoms with E-state index in [-0.39, 0.29) is 11.6 Å². The predicted octanol–water partition coefficient (Wildman–Crippen LogP) is 3.83. The lowest BCUT2D eigenvalue weighted by Crippen LogP contribution is -2.95. The van der Waals surface area contributed by atoms with E-state index in [1.165, 1.54) is 0 Å². The highest BCUT2D eigenvalue weighted by atomic mass is 79.9. The van der Waals surface area contributed by atoms with Crippen LogP contribution < -0.4 is 10.4 Å². The number of hydroxylamine groups is 1. The molecule has 0 saturated heterocycles. The summed E-state index contributed by atoms with van der Waals surface area (Å²) in [7, 11) is 0. The van der Waals surface area contributed by atoms with Gasteiger partial charge in [-0.1, -0.05) is 46.3 Å². The first kappa shape index (κ1) is 21.2. The molecule has 1 heterocycles. The minimum atomic E-state index is -0.589. The Bertz CT molecular complexity index is 936. The summed E-state index contributed by atoms with van der Waals surface area (Å²) >= 11 is 3.41. The van der Waals surface area contributed by atoms with Crippen molar-refractivity contribution in [3.63, 3.8) is 0 Å². The van der Waals surface area contributed by atoms with E-state index in [2.05, 4.69) is 26.2 Å². The topological polar surface area (TPSA) is 78.2 Å². The van der Waals surface area contributed by atoms with Crippen LogP contribution in [0.2, 0.25) is 0 Å². The molecule has 0 radical (unpaired) electrons. The molecule has 1 aliphatic heterocycles. The molecule has 0 aromatic heterocycles. The van der Waals surface area contributed by atoms with Gasteiger partial charge in [-0.3, -0.25) is 4.99 Å². The van der Waals surface area contributed by atoms with Crippen molar-refractivity contribution in [2.24, 2.45) is 4.99 Å². The molecule has 6 nitrogen and oxygen atoms in total. The average Bonchev–Trinajstić information content (AvgIpc) is 2.97. The van der Waals surface area contributed by atoms with E-state index >= 15 is 0 Å². The number of carbonyl (C=O) groups is 1. The lowest BCUT2D eigenvalue weighted by molar-refractivity contribution is -0.710. The number of nitrogens with one attached hydrogen (secondary N) is 2. The average molecular weight is 458 g/mol. The number of benzene rings is 2. The highest BCUT2D eigenvalue weighted by Gasteiger charge is 2.28. The quantitative estimate of drug-likeness (QED) is 0.528. The number of rotatable bonds is 5. The zero-order valence-electron chi connectivity index (χ0n) is 16.6. The van der Waals surface area contributed by atoms with E-state index in [4.69, 9.17) is 4.74 Å². The summed E-state index contributed by atoms with van der Waals surface area (Å²) in [5, 5.41) is 15.2. The lowest BCUT2D eigenvalue weighted by Gasteiger charge is -2.21. The Morgan fingerprint density at radius 1 is 1.28 bits per heavy atom. The summed E-state index contributed by atoms with van der Waals surface area (Å²) in [6.07, 6.45) is 2.84. The summed E-state index contributed by atoms with van der Waals surface area (Å²) < 4.78 is 6.17. The Hall–Kier alpha value is -2.48. The minimum Gasteiger partial charge on any atom is -0.624 e. The predicted molar refractivity (Wildman–Crippen MR) is 118 cm³/mol. The molecule has 0 saturated carbocycles. The van der Waals surface area contributed by atoms with E-state index in [1.807, 2.05) is 63.2 Å². The largest absolute Gasteiger partial charge is 0.624 e. The van der Waals surface area contributed by atoms with Gasteiger partial charge in [0.05, 0.1) is 6.04 Å². The normalized spacial score (nSPS) is 17.0. The molecule has 29 heavy (non-hydrogen) atoms. The van der Waals surface area contributed by atoms with Crippen LogP contribution >= 0.6 is 15.9 Å². The third-order valence-corrected chi connectivity index (χ3v) is 4.74. The Morgan fingerprint density at radius 2 is 2.00 bits per heavy atom. The fourth-order valence-corrected chi connectivity index (χ4v) is 3.36. The van der Waals surface area contributed by atoms with Crippen LogP contribution in [0.4, 0.5) is 10.5 Å². The van der Waals surface area contributed by atoms with Crippen molar-refractivity contribution in [3.05, 3.63) is 75.5 Å². The first-order valence-electron chi connectivity index (χ1n) is 9.34. The summed E-state index contributed by atoms with van der Waals surface area (Å²) in [4.78, 5) is 16.8. The van der Waals surface area contributed by atoms with Crippen molar-refractivity contribution in [3.8, 4) is 0 Å². The summed E-state index contributed by atoms with van der Waals surface area (Å²) in [5.41, 5.74) is 2.59. The molecular weight excluding hydrogens is 434 g/mol. The van der Waals surface area contributed by atoms with Crippen molar-refractivity contribution in [2.75, 3.05) is 6.54 Å². The Kier molecular flexibility index (Phi) is 6.52. The molecule has 7 heteroatoms. The molecule has 0 spiro atoms. The standard InChI is InChI=1S/C22H24BrN3O3/c1-22(2,3)29-21(27)25-13-19(24-12-15-7-5-4-6-8-15)18-14-26(28)20-11-16(23)9-10-17(18)20/h4-12,14,19,26H,13H2,1-3H3,(H,25,27). The Labute approximate surface area is 179 Å². The summed E-state index contributed by atoms with van der Waals surface area (Å²) in [6, 6.07) is 14.9. The molecule has 0 fully saturated rings. The van der Waals surface area contributed by atoms with Crippen LogP contribution in [0.5, 0.6) is 0 Å². The van der Waals surface area contributed by atoms with Crippen LogP contribution in [0.15, 0.2) is 64.2 Å². The molecule has 152 valence electrons. The first-order chi connectivity index (χ1) is 13.7. The molecular formula is C22H24BrN3O3.